The van der Waals surface area contributed by atoms with E-state index in [-0.39, 0.29) is 5.75 Å². The summed E-state index contributed by atoms with van der Waals surface area (Å²) in [5.74, 6) is -0.0722. The molecular weight excluding hydrogens is 290 g/mol. The van der Waals surface area contributed by atoms with Gasteiger partial charge in [-0.3, -0.25) is 14.0 Å². The van der Waals surface area contributed by atoms with E-state index in [2.05, 4.69) is 26.8 Å². The first kappa shape index (κ1) is 14.1. The summed E-state index contributed by atoms with van der Waals surface area (Å²) in [7, 11) is 1.89. The molecule has 2 heterocycles. The van der Waals surface area contributed by atoms with E-state index in [1.165, 1.54) is 11.8 Å². The summed E-state index contributed by atoms with van der Waals surface area (Å²) in [6.07, 6.45) is 3.04. The molecule has 7 nitrogen and oxygen atoms in total. The predicted molar refractivity (Wildman–Crippen MR) is 78.2 cm³/mol. The lowest BCUT2D eigenvalue weighted by atomic mass is 10.3. The van der Waals surface area contributed by atoms with Gasteiger partial charge in [0.1, 0.15) is 5.69 Å². The molecule has 112 valence electrons. The monoisotopic (exact) mass is 307 g/mol. The Morgan fingerprint density at radius 2 is 2.24 bits per heavy atom. The zero-order chi connectivity index (χ0) is 15.0. The summed E-state index contributed by atoms with van der Waals surface area (Å²) >= 11 is 1.22. The summed E-state index contributed by atoms with van der Waals surface area (Å²) < 4.78 is 3.87. The summed E-state index contributed by atoms with van der Waals surface area (Å²) in [6, 6.07) is 2.40. The molecule has 21 heavy (non-hydrogen) atoms. The van der Waals surface area contributed by atoms with Gasteiger partial charge in [-0.1, -0.05) is 18.7 Å². The molecule has 1 saturated carbocycles. The van der Waals surface area contributed by atoms with Crippen LogP contribution in [0.3, 0.4) is 0 Å². The molecule has 0 saturated heterocycles. The van der Waals surface area contributed by atoms with Crippen LogP contribution in [-0.2, 0) is 18.3 Å². The van der Waals surface area contributed by atoms with Crippen LogP contribution in [0.2, 0.25) is 0 Å². The number of carbonyl (C=O) groups is 1. The molecule has 0 spiro atoms. The van der Waals surface area contributed by atoms with Gasteiger partial charge in [0.05, 0.1) is 11.4 Å². The Balaban J connectivity index is 1.98. The lowest BCUT2D eigenvalue weighted by Crippen LogP contribution is -2.05. The number of hydrogen-bond acceptors (Lipinski definition) is 5. The first-order chi connectivity index (χ1) is 10.1. The van der Waals surface area contributed by atoms with E-state index >= 15 is 0 Å². The SMILES string of the molecule is CCc1cc(-c2nnc(SCC(=O)O)n2C2CC2)n(C)n1. The number of aromatic nitrogens is 5. The minimum Gasteiger partial charge on any atom is -0.481 e. The maximum absolute atomic E-state index is 10.8. The van der Waals surface area contributed by atoms with Gasteiger partial charge in [0, 0.05) is 13.1 Å². The van der Waals surface area contributed by atoms with Crippen molar-refractivity contribution in [3.63, 3.8) is 0 Å². The smallest absolute Gasteiger partial charge is 0.313 e. The van der Waals surface area contributed by atoms with Crippen LogP contribution < -0.4 is 0 Å². The van der Waals surface area contributed by atoms with Crippen molar-refractivity contribution in [2.75, 3.05) is 5.75 Å². The van der Waals surface area contributed by atoms with Crippen LogP contribution in [0.1, 0.15) is 31.5 Å². The van der Waals surface area contributed by atoms with Crippen molar-refractivity contribution in [2.45, 2.75) is 37.4 Å². The van der Waals surface area contributed by atoms with E-state index in [4.69, 9.17) is 5.11 Å². The Bertz CT molecular complexity index is 674. The fourth-order valence-corrected chi connectivity index (χ4v) is 2.97. The summed E-state index contributed by atoms with van der Waals surface area (Å²) in [5, 5.41) is 22.4. The van der Waals surface area contributed by atoms with E-state index in [1.54, 1.807) is 0 Å². The number of hydrogen-bond donors (Lipinski definition) is 1. The maximum atomic E-state index is 10.8. The highest BCUT2D eigenvalue weighted by Crippen LogP contribution is 2.41. The quantitative estimate of drug-likeness (QED) is 0.818. The highest BCUT2D eigenvalue weighted by molar-refractivity contribution is 7.99. The maximum Gasteiger partial charge on any atom is 0.313 e. The molecule has 2 aromatic heterocycles. The Hall–Kier alpha value is -1.83. The molecule has 1 N–H and O–H groups in total. The zero-order valence-electron chi connectivity index (χ0n) is 12.0. The van der Waals surface area contributed by atoms with Crippen molar-refractivity contribution in [1.82, 2.24) is 24.5 Å². The number of nitrogens with zero attached hydrogens (tertiary/aromatic N) is 5. The van der Waals surface area contributed by atoms with Crippen molar-refractivity contribution < 1.29 is 9.90 Å². The lowest BCUT2D eigenvalue weighted by molar-refractivity contribution is -0.133. The molecule has 0 amide bonds. The van der Waals surface area contributed by atoms with Crippen molar-refractivity contribution in [1.29, 1.82) is 0 Å². The van der Waals surface area contributed by atoms with Crippen molar-refractivity contribution in [3.8, 4) is 11.5 Å². The van der Waals surface area contributed by atoms with Crippen LogP contribution in [-0.4, -0.2) is 41.4 Å². The molecule has 0 atom stereocenters. The number of thioether (sulfide) groups is 1. The second kappa shape index (κ2) is 5.51. The highest BCUT2D eigenvalue weighted by atomic mass is 32.2. The van der Waals surface area contributed by atoms with Gasteiger partial charge in [-0.15, -0.1) is 10.2 Å². The number of carboxylic acids is 1. The average molecular weight is 307 g/mol. The highest BCUT2D eigenvalue weighted by Gasteiger charge is 2.31. The average Bonchev–Trinajstić information content (AvgIpc) is 3.09. The molecule has 0 aromatic carbocycles. The van der Waals surface area contributed by atoms with E-state index in [1.807, 2.05) is 17.8 Å². The molecule has 0 bridgehead atoms. The number of aryl methyl sites for hydroxylation is 2. The molecule has 1 fully saturated rings. The Morgan fingerprint density at radius 1 is 1.48 bits per heavy atom. The number of carboxylic acid groups (broad SMARTS) is 1. The summed E-state index contributed by atoms with van der Waals surface area (Å²) in [5.41, 5.74) is 1.94. The Labute approximate surface area is 126 Å². The molecule has 1 aliphatic carbocycles. The Kier molecular flexibility index (Phi) is 3.71. The normalized spacial score (nSPS) is 14.6. The largest absolute Gasteiger partial charge is 0.481 e. The van der Waals surface area contributed by atoms with Gasteiger partial charge >= 0.3 is 5.97 Å². The minimum absolute atomic E-state index is 0.00352. The van der Waals surface area contributed by atoms with Gasteiger partial charge in [0.15, 0.2) is 11.0 Å². The van der Waals surface area contributed by atoms with Crippen LogP contribution >= 0.6 is 11.8 Å². The molecule has 0 unspecified atom stereocenters. The summed E-state index contributed by atoms with van der Waals surface area (Å²) in [6.45, 7) is 2.06. The third kappa shape index (κ3) is 2.80. The topological polar surface area (TPSA) is 85.8 Å². The van der Waals surface area contributed by atoms with Crippen LogP contribution in [0.4, 0.5) is 0 Å². The Morgan fingerprint density at radius 3 is 2.81 bits per heavy atom. The molecule has 0 aliphatic heterocycles. The van der Waals surface area contributed by atoms with Gasteiger partial charge in [-0.2, -0.15) is 5.10 Å². The van der Waals surface area contributed by atoms with Crippen LogP contribution in [0.15, 0.2) is 11.2 Å². The molecule has 0 radical (unpaired) electrons. The summed E-state index contributed by atoms with van der Waals surface area (Å²) in [4.78, 5) is 10.8. The first-order valence-corrected chi connectivity index (χ1v) is 7.91. The van der Waals surface area contributed by atoms with Gasteiger partial charge in [0.25, 0.3) is 0 Å². The zero-order valence-corrected chi connectivity index (χ0v) is 12.8. The van der Waals surface area contributed by atoms with Crippen molar-refractivity contribution >= 4 is 17.7 Å². The van der Waals surface area contributed by atoms with E-state index in [0.717, 1.165) is 36.5 Å². The lowest BCUT2D eigenvalue weighted by Gasteiger charge is -2.07. The molecule has 3 rings (SSSR count). The third-order valence-corrected chi connectivity index (χ3v) is 4.35. The molecular formula is C13H17N5O2S. The van der Waals surface area contributed by atoms with Crippen molar-refractivity contribution in [2.24, 2.45) is 7.05 Å². The van der Waals surface area contributed by atoms with Gasteiger partial charge in [0.2, 0.25) is 0 Å². The van der Waals surface area contributed by atoms with E-state index in [9.17, 15) is 4.79 Å². The second-order valence-electron chi connectivity index (χ2n) is 5.09. The van der Waals surface area contributed by atoms with Crippen LogP contribution in [0, 0.1) is 0 Å². The fourth-order valence-electron chi connectivity index (χ4n) is 2.25. The molecule has 2 aromatic rings. The first-order valence-electron chi connectivity index (χ1n) is 6.93. The predicted octanol–water partition coefficient (Wildman–Crippen LogP) is 1.75. The molecule has 8 heteroatoms. The third-order valence-electron chi connectivity index (χ3n) is 3.42. The van der Waals surface area contributed by atoms with Crippen molar-refractivity contribution in [3.05, 3.63) is 11.8 Å². The fraction of sp³-hybridized carbons (Fsp3) is 0.538. The number of rotatable bonds is 6. The van der Waals surface area contributed by atoms with Gasteiger partial charge in [-0.05, 0) is 25.3 Å². The van der Waals surface area contributed by atoms with Gasteiger partial charge < -0.3 is 5.11 Å². The molecule has 1 aliphatic rings. The standard InChI is InChI=1S/C13H17N5O2S/c1-3-8-6-10(17(2)16-8)12-14-15-13(21-7-11(19)20)18(12)9-4-5-9/h6,9H,3-5,7H2,1-2H3,(H,19,20). The van der Waals surface area contributed by atoms with E-state index in [0.29, 0.717) is 11.2 Å². The van der Waals surface area contributed by atoms with E-state index < -0.39 is 5.97 Å². The second-order valence-corrected chi connectivity index (χ2v) is 6.03. The minimum atomic E-state index is -0.847. The number of aliphatic carboxylic acids is 1. The van der Waals surface area contributed by atoms with Gasteiger partial charge in [-0.25, -0.2) is 0 Å². The van der Waals surface area contributed by atoms with Crippen LogP contribution in [0.25, 0.3) is 11.5 Å². The van der Waals surface area contributed by atoms with Crippen LogP contribution in [0.5, 0.6) is 0 Å².